The minimum atomic E-state index is -1.31. The summed E-state index contributed by atoms with van der Waals surface area (Å²) >= 11 is 0. The molecule has 2 N–H and O–H groups in total. The van der Waals surface area contributed by atoms with E-state index in [0.717, 1.165) is 0 Å². The van der Waals surface area contributed by atoms with Gasteiger partial charge in [0.25, 0.3) is 5.91 Å². The Balaban J connectivity index is 2.21. The number of nitrogens with one attached hydrogen (secondary N) is 2. The van der Waals surface area contributed by atoms with Gasteiger partial charge in [-0.2, -0.15) is 0 Å². The third-order valence-electron chi connectivity index (χ3n) is 4.41. The van der Waals surface area contributed by atoms with Crippen molar-refractivity contribution in [3.05, 3.63) is 58.9 Å². The van der Waals surface area contributed by atoms with Crippen LogP contribution in [-0.2, 0) is 25.6 Å². The van der Waals surface area contributed by atoms with E-state index >= 15 is 0 Å². The lowest BCUT2D eigenvalue weighted by molar-refractivity contribution is -0.156. The normalized spacial score (nSPS) is 11.3. The molecule has 0 saturated heterocycles. The van der Waals surface area contributed by atoms with Crippen molar-refractivity contribution in [3.8, 4) is 0 Å². The fourth-order valence-electron chi connectivity index (χ4n) is 2.90. The summed E-state index contributed by atoms with van der Waals surface area (Å²) in [5, 5.41) is 4.39. The van der Waals surface area contributed by atoms with Gasteiger partial charge in [0.2, 0.25) is 6.10 Å². The molecule has 1 heterocycles. The van der Waals surface area contributed by atoms with Crippen LogP contribution in [0.25, 0.3) is 0 Å². The molecule has 0 radical (unpaired) electrons. The predicted octanol–water partition coefficient (Wildman–Crippen LogP) is 2.02. The van der Waals surface area contributed by atoms with E-state index < -0.39 is 30.0 Å². The first kappa shape index (κ1) is 22.7. The number of nitrogens with zero attached hydrogens (tertiary/aromatic N) is 1. The van der Waals surface area contributed by atoms with Crippen molar-refractivity contribution in [1.82, 2.24) is 15.2 Å². The van der Waals surface area contributed by atoms with Crippen LogP contribution in [0.1, 0.15) is 40.3 Å². The van der Waals surface area contributed by atoms with Crippen LogP contribution in [-0.4, -0.2) is 42.1 Å². The van der Waals surface area contributed by atoms with Gasteiger partial charge in [0.1, 0.15) is 6.54 Å². The van der Waals surface area contributed by atoms with Gasteiger partial charge in [-0.15, -0.1) is 0 Å². The van der Waals surface area contributed by atoms with Gasteiger partial charge in [-0.05, 0) is 26.8 Å². The largest absolute Gasteiger partial charge is 0.462 e. The third kappa shape index (κ3) is 5.47. The molecule has 0 spiro atoms. The zero-order valence-corrected chi connectivity index (χ0v) is 17.4. The topological polar surface area (TPSA) is 116 Å². The Hall–Kier alpha value is -3.62. The van der Waals surface area contributed by atoms with E-state index in [4.69, 9.17) is 9.47 Å². The lowest BCUT2D eigenvalue weighted by Gasteiger charge is -2.18. The van der Waals surface area contributed by atoms with Crippen LogP contribution in [0, 0.1) is 13.8 Å². The molecule has 9 heteroatoms. The highest BCUT2D eigenvalue weighted by molar-refractivity contribution is 5.97. The summed E-state index contributed by atoms with van der Waals surface area (Å²) in [6.07, 6.45) is -1.31. The zero-order chi connectivity index (χ0) is 22.3. The van der Waals surface area contributed by atoms with E-state index in [1.807, 2.05) is 0 Å². The lowest BCUT2D eigenvalue weighted by atomic mass is 10.1. The van der Waals surface area contributed by atoms with Gasteiger partial charge in [-0.25, -0.2) is 9.59 Å². The fraction of sp³-hybridized carbons (Fsp3) is 0.333. The van der Waals surface area contributed by atoms with E-state index in [1.54, 1.807) is 61.7 Å². The number of amides is 3. The van der Waals surface area contributed by atoms with Gasteiger partial charge in [-0.3, -0.25) is 14.9 Å². The van der Waals surface area contributed by atoms with E-state index in [-0.39, 0.29) is 13.2 Å². The minimum Gasteiger partial charge on any atom is -0.462 e. The Morgan fingerprint density at radius 3 is 2.37 bits per heavy atom. The Labute approximate surface area is 174 Å². The summed E-state index contributed by atoms with van der Waals surface area (Å²) in [6, 6.07) is 9.28. The number of hydrogen-bond donors (Lipinski definition) is 2. The first-order valence-corrected chi connectivity index (χ1v) is 9.39. The Morgan fingerprint density at radius 2 is 1.77 bits per heavy atom. The van der Waals surface area contributed by atoms with Gasteiger partial charge >= 0.3 is 18.0 Å². The number of urea groups is 1. The van der Waals surface area contributed by atoms with Crippen LogP contribution in [0.2, 0.25) is 0 Å². The van der Waals surface area contributed by atoms with Crippen LogP contribution >= 0.6 is 0 Å². The molecule has 0 aliphatic carbocycles. The number of imide groups is 1. The van der Waals surface area contributed by atoms with E-state index in [0.29, 0.717) is 22.5 Å². The van der Waals surface area contributed by atoms with E-state index in [2.05, 4.69) is 10.6 Å². The number of carbonyl (C=O) groups excluding carboxylic acids is 4. The van der Waals surface area contributed by atoms with E-state index in [9.17, 15) is 19.2 Å². The molecule has 2 aromatic rings. The van der Waals surface area contributed by atoms with Crippen molar-refractivity contribution in [3.63, 3.8) is 0 Å². The van der Waals surface area contributed by atoms with Gasteiger partial charge in [0, 0.05) is 24.0 Å². The first-order chi connectivity index (χ1) is 14.3. The molecule has 1 atom stereocenters. The maximum Gasteiger partial charge on any atom is 0.339 e. The molecule has 1 aromatic heterocycles. The third-order valence-corrected chi connectivity index (χ3v) is 4.41. The highest BCUT2D eigenvalue weighted by Gasteiger charge is 2.27. The van der Waals surface area contributed by atoms with Crippen molar-refractivity contribution in [2.45, 2.75) is 33.4 Å². The molecule has 0 aliphatic heterocycles. The smallest absolute Gasteiger partial charge is 0.339 e. The molecular formula is C21H25N3O6. The summed E-state index contributed by atoms with van der Waals surface area (Å²) in [5.41, 5.74) is 1.99. The van der Waals surface area contributed by atoms with Crippen LogP contribution in [0.4, 0.5) is 4.79 Å². The van der Waals surface area contributed by atoms with Crippen molar-refractivity contribution >= 4 is 23.9 Å². The van der Waals surface area contributed by atoms with E-state index in [1.165, 1.54) is 7.05 Å². The van der Waals surface area contributed by atoms with Gasteiger partial charge in [-0.1, -0.05) is 30.3 Å². The number of hydrogen-bond acceptors (Lipinski definition) is 6. The molecule has 0 aliphatic rings. The number of rotatable bonds is 7. The molecule has 1 aromatic carbocycles. The zero-order valence-electron chi connectivity index (χ0n) is 17.4. The number of aryl methyl sites for hydroxylation is 1. The quantitative estimate of drug-likeness (QED) is 0.669. The summed E-state index contributed by atoms with van der Waals surface area (Å²) in [7, 11) is 1.37. The van der Waals surface area contributed by atoms with Crippen molar-refractivity contribution in [1.29, 1.82) is 0 Å². The first-order valence-electron chi connectivity index (χ1n) is 9.39. The van der Waals surface area contributed by atoms with Gasteiger partial charge in [0.05, 0.1) is 12.2 Å². The number of carbonyl (C=O) groups is 4. The van der Waals surface area contributed by atoms with Crippen molar-refractivity contribution in [2.24, 2.45) is 0 Å². The summed E-state index contributed by atoms with van der Waals surface area (Å²) in [5.74, 6) is -1.95. The fourth-order valence-corrected chi connectivity index (χ4v) is 2.90. The molecule has 3 amide bonds. The van der Waals surface area contributed by atoms with Crippen LogP contribution in [0.5, 0.6) is 0 Å². The molecule has 0 fully saturated rings. The number of esters is 2. The van der Waals surface area contributed by atoms with Crippen LogP contribution in [0.3, 0.4) is 0 Å². The summed E-state index contributed by atoms with van der Waals surface area (Å²) in [4.78, 5) is 48.7. The lowest BCUT2D eigenvalue weighted by Crippen LogP contribution is -2.41. The average molecular weight is 415 g/mol. The van der Waals surface area contributed by atoms with Crippen molar-refractivity contribution < 1.29 is 28.7 Å². The monoisotopic (exact) mass is 415 g/mol. The second kappa shape index (κ2) is 10.2. The Morgan fingerprint density at radius 1 is 1.10 bits per heavy atom. The molecule has 9 nitrogen and oxygen atoms in total. The predicted molar refractivity (Wildman–Crippen MR) is 108 cm³/mol. The molecule has 0 bridgehead atoms. The highest BCUT2D eigenvalue weighted by Crippen LogP contribution is 2.20. The second-order valence-electron chi connectivity index (χ2n) is 6.44. The minimum absolute atomic E-state index is 0.215. The molecule has 0 unspecified atom stereocenters. The molecular weight excluding hydrogens is 390 g/mol. The van der Waals surface area contributed by atoms with Gasteiger partial charge in [0.15, 0.2) is 0 Å². The second-order valence-corrected chi connectivity index (χ2v) is 6.44. The standard InChI is InChI=1S/C21H25N3O6/c1-5-29-20(27)16-11-13(2)24(14(16)3)12-17(25)30-18(15-9-7-6-8-10-15)19(26)23-21(28)22-4/h6-11,18H,5,12H2,1-4H3,(H2,22,23,26,28)/t18-/m0/s1. The SMILES string of the molecule is CCOC(=O)c1cc(C)n(CC(=O)O[C@H](C(=O)NC(=O)NC)c2ccccc2)c1C. The van der Waals surface area contributed by atoms with Crippen LogP contribution in [0.15, 0.2) is 36.4 Å². The molecule has 30 heavy (non-hydrogen) atoms. The number of ether oxygens (including phenoxy) is 2. The Kier molecular flexibility index (Phi) is 7.74. The highest BCUT2D eigenvalue weighted by atomic mass is 16.5. The maximum atomic E-state index is 12.6. The average Bonchev–Trinajstić information content (AvgIpc) is 3.01. The summed E-state index contributed by atoms with van der Waals surface area (Å²) in [6.45, 7) is 5.18. The number of aromatic nitrogens is 1. The maximum absolute atomic E-state index is 12.6. The van der Waals surface area contributed by atoms with Crippen molar-refractivity contribution in [2.75, 3.05) is 13.7 Å². The molecule has 2 rings (SSSR count). The number of benzene rings is 1. The molecule has 0 saturated carbocycles. The van der Waals surface area contributed by atoms with Gasteiger partial charge < -0.3 is 19.4 Å². The summed E-state index contributed by atoms with van der Waals surface area (Å²) < 4.78 is 12.0. The van der Waals surface area contributed by atoms with Crippen LogP contribution < -0.4 is 10.6 Å². The Bertz CT molecular complexity index is 936. The molecule has 160 valence electrons.